The molecule has 1 N–H and O–H groups in total. The van der Waals surface area contributed by atoms with E-state index in [0.717, 1.165) is 22.0 Å². The predicted molar refractivity (Wildman–Crippen MR) is 112 cm³/mol. The zero-order valence-electron chi connectivity index (χ0n) is 16.5. The van der Waals surface area contributed by atoms with E-state index in [1.807, 2.05) is 41.6 Å². The van der Waals surface area contributed by atoms with Crippen molar-refractivity contribution in [2.24, 2.45) is 0 Å². The summed E-state index contributed by atoms with van der Waals surface area (Å²) in [5.74, 6) is 1.25. The summed E-state index contributed by atoms with van der Waals surface area (Å²) in [6, 6.07) is 12.1. The van der Waals surface area contributed by atoms with Crippen LogP contribution in [0.15, 0.2) is 47.4 Å². The Balaban J connectivity index is 1.50. The number of ketones is 1. The second-order valence-corrected chi connectivity index (χ2v) is 8.20. The fourth-order valence-corrected chi connectivity index (χ4v) is 4.69. The SMILES string of the molecule is CCN1Sc2cc3c(cc2CC1C(=O)N[C@@H](C)C(=O)c1ccccc1)OCCO3. The van der Waals surface area contributed by atoms with Crippen LogP contribution in [-0.2, 0) is 11.2 Å². The van der Waals surface area contributed by atoms with Crippen LogP contribution in [0.1, 0.15) is 29.8 Å². The van der Waals surface area contributed by atoms with E-state index in [-0.39, 0.29) is 17.7 Å². The van der Waals surface area contributed by atoms with Gasteiger partial charge >= 0.3 is 0 Å². The van der Waals surface area contributed by atoms with Gasteiger partial charge in [-0.15, -0.1) is 0 Å². The maximum absolute atomic E-state index is 13.0. The van der Waals surface area contributed by atoms with Crippen molar-refractivity contribution in [1.29, 1.82) is 0 Å². The summed E-state index contributed by atoms with van der Waals surface area (Å²) in [6.45, 7) is 5.54. The lowest BCUT2D eigenvalue weighted by atomic mass is 10.0. The van der Waals surface area contributed by atoms with Gasteiger partial charge < -0.3 is 14.8 Å². The Hall–Kier alpha value is -2.51. The predicted octanol–water partition coefficient (Wildman–Crippen LogP) is 3.10. The van der Waals surface area contributed by atoms with E-state index in [0.29, 0.717) is 31.7 Å². The molecule has 152 valence electrons. The van der Waals surface area contributed by atoms with E-state index in [4.69, 9.17) is 9.47 Å². The van der Waals surface area contributed by atoms with Gasteiger partial charge in [0, 0.05) is 17.0 Å². The summed E-state index contributed by atoms with van der Waals surface area (Å²) in [5, 5.41) is 2.91. The molecule has 0 aliphatic carbocycles. The van der Waals surface area contributed by atoms with Gasteiger partial charge in [-0.25, -0.2) is 4.31 Å². The summed E-state index contributed by atoms with van der Waals surface area (Å²) in [4.78, 5) is 26.7. The summed E-state index contributed by atoms with van der Waals surface area (Å²) < 4.78 is 13.4. The zero-order valence-corrected chi connectivity index (χ0v) is 17.3. The number of carbonyl (C=O) groups is 2. The van der Waals surface area contributed by atoms with Gasteiger partial charge in [-0.1, -0.05) is 37.3 Å². The third kappa shape index (κ3) is 4.11. The molecule has 0 fully saturated rings. The standard InChI is InChI=1S/C22H24N2O4S/c1-3-24-17(22(26)23-14(2)21(25)15-7-5-4-6-8-15)11-16-12-18-19(13-20(16)29-24)28-10-9-27-18/h4-8,12-14,17H,3,9-11H2,1-2H3,(H,23,26)/t14-,17?/m0/s1. The van der Waals surface area contributed by atoms with Crippen molar-refractivity contribution in [1.82, 2.24) is 9.62 Å². The first-order chi connectivity index (χ1) is 14.1. The van der Waals surface area contributed by atoms with Crippen LogP contribution in [0.4, 0.5) is 0 Å². The summed E-state index contributed by atoms with van der Waals surface area (Å²) in [6.07, 6.45) is 0.560. The van der Waals surface area contributed by atoms with Crippen LogP contribution in [0.5, 0.6) is 11.5 Å². The van der Waals surface area contributed by atoms with Crippen LogP contribution in [0.3, 0.4) is 0 Å². The van der Waals surface area contributed by atoms with Crippen LogP contribution in [0.25, 0.3) is 0 Å². The molecule has 2 aliphatic rings. The fourth-order valence-electron chi connectivity index (χ4n) is 3.59. The van der Waals surface area contributed by atoms with Gasteiger partial charge in [-0.2, -0.15) is 0 Å². The molecule has 1 unspecified atom stereocenters. The van der Waals surface area contributed by atoms with Crippen molar-refractivity contribution in [3.8, 4) is 11.5 Å². The summed E-state index contributed by atoms with van der Waals surface area (Å²) in [5.41, 5.74) is 1.66. The van der Waals surface area contributed by atoms with Gasteiger partial charge in [0.05, 0.1) is 6.04 Å². The molecule has 2 heterocycles. The van der Waals surface area contributed by atoms with Crippen molar-refractivity contribution in [2.75, 3.05) is 19.8 Å². The molecule has 0 aromatic heterocycles. The second kappa shape index (κ2) is 8.47. The fraction of sp³-hybridized carbons (Fsp3) is 0.364. The number of likely N-dealkylation sites (N-methyl/N-ethyl adjacent to an activating group) is 1. The highest BCUT2D eigenvalue weighted by Gasteiger charge is 2.34. The first-order valence-electron chi connectivity index (χ1n) is 9.83. The molecule has 0 saturated heterocycles. The average molecular weight is 413 g/mol. The van der Waals surface area contributed by atoms with Crippen molar-refractivity contribution < 1.29 is 19.1 Å². The van der Waals surface area contributed by atoms with E-state index in [2.05, 4.69) is 5.32 Å². The zero-order chi connectivity index (χ0) is 20.4. The Morgan fingerprint density at radius 1 is 1.17 bits per heavy atom. The number of hydrogen-bond donors (Lipinski definition) is 1. The molecule has 29 heavy (non-hydrogen) atoms. The van der Waals surface area contributed by atoms with Gasteiger partial charge in [0.25, 0.3) is 0 Å². The Morgan fingerprint density at radius 3 is 2.55 bits per heavy atom. The highest BCUT2D eigenvalue weighted by molar-refractivity contribution is 7.97. The molecule has 6 nitrogen and oxygen atoms in total. The van der Waals surface area contributed by atoms with Gasteiger partial charge in [0.2, 0.25) is 5.91 Å². The normalized spacial score (nSPS) is 19.2. The molecule has 4 rings (SSSR count). The quantitative estimate of drug-likeness (QED) is 0.601. The number of nitrogens with one attached hydrogen (secondary N) is 1. The molecule has 0 saturated carbocycles. The maximum Gasteiger partial charge on any atom is 0.239 e. The highest BCUT2D eigenvalue weighted by atomic mass is 32.2. The monoisotopic (exact) mass is 412 g/mol. The third-order valence-corrected chi connectivity index (χ3v) is 6.45. The topological polar surface area (TPSA) is 67.9 Å². The number of amides is 1. The van der Waals surface area contributed by atoms with Gasteiger partial charge in [0.15, 0.2) is 17.3 Å². The Labute approximate surface area is 174 Å². The molecular formula is C22H24N2O4S. The lowest BCUT2D eigenvalue weighted by Gasteiger charge is -2.35. The molecule has 0 spiro atoms. The summed E-state index contributed by atoms with van der Waals surface area (Å²) >= 11 is 1.55. The number of fused-ring (bicyclic) bond motifs is 2. The first kappa shape index (κ1) is 19.8. The Kier molecular flexibility index (Phi) is 5.78. The van der Waals surface area contributed by atoms with E-state index in [9.17, 15) is 9.59 Å². The summed E-state index contributed by atoms with van der Waals surface area (Å²) in [7, 11) is 0. The van der Waals surface area contributed by atoms with Gasteiger partial charge in [-0.05, 0) is 43.0 Å². The molecule has 2 aromatic carbocycles. The van der Waals surface area contributed by atoms with E-state index in [1.54, 1.807) is 31.0 Å². The molecule has 0 bridgehead atoms. The van der Waals surface area contributed by atoms with E-state index in [1.165, 1.54) is 0 Å². The molecule has 7 heteroatoms. The third-order valence-electron chi connectivity index (χ3n) is 5.13. The van der Waals surface area contributed by atoms with Crippen molar-refractivity contribution in [3.63, 3.8) is 0 Å². The van der Waals surface area contributed by atoms with Crippen LogP contribution < -0.4 is 14.8 Å². The van der Waals surface area contributed by atoms with Crippen molar-refractivity contribution >= 4 is 23.6 Å². The lowest BCUT2D eigenvalue weighted by Crippen LogP contribution is -2.51. The number of carbonyl (C=O) groups excluding carboxylic acids is 2. The van der Waals surface area contributed by atoms with Crippen LogP contribution in [0.2, 0.25) is 0 Å². The molecule has 0 radical (unpaired) electrons. The van der Waals surface area contributed by atoms with Crippen LogP contribution in [-0.4, -0.2) is 47.8 Å². The maximum atomic E-state index is 13.0. The second-order valence-electron chi connectivity index (χ2n) is 7.11. The number of rotatable bonds is 5. The van der Waals surface area contributed by atoms with Gasteiger partial charge in [0.1, 0.15) is 19.3 Å². The minimum atomic E-state index is -0.588. The smallest absolute Gasteiger partial charge is 0.239 e. The van der Waals surface area contributed by atoms with Crippen molar-refractivity contribution in [3.05, 3.63) is 53.6 Å². The van der Waals surface area contributed by atoms with Crippen LogP contribution in [0, 0.1) is 0 Å². The number of benzene rings is 2. The minimum Gasteiger partial charge on any atom is -0.486 e. The molecule has 2 atom stereocenters. The molecule has 2 aromatic rings. The average Bonchev–Trinajstić information content (AvgIpc) is 2.76. The molecule has 2 aliphatic heterocycles. The Morgan fingerprint density at radius 2 is 1.86 bits per heavy atom. The lowest BCUT2D eigenvalue weighted by molar-refractivity contribution is -0.125. The Bertz CT molecular complexity index is 919. The number of nitrogens with zero attached hydrogens (tertiary/aromatic N) is 1. The molecule has 1 amide bonds. The number of Topliss-reactive ketones (excluding diaryl/α,β-unsaturated/α-hetero) is 1. The van der Waals surface area contributed by atoms with E-state index < -0.39 is 6.04 Å². The highest BCUT2D eigenvalue weighted by Crippen LogP contribution is 2.42. The van der Waals surface area contributed by atoms with Gasteiger partial charge in [-0.3, -0.25) is 9.59 Å². The first-order valence-corrected chi connectivity index (χ1v) is 10.6. The number of hydrogen-bond acceptors (Lipinski definition) is 6. The van der Waals surface area contributed by atoms with Crippen molar-refractivity contribution in [2.45, 2.75) is 37.2 Å². The minimum absolute atomic E-state index is 0.0921. The van der Waals surface area contributed by atoms with Crippen LogP contribution >= 0.6 is 11.9 Å². The largest absolute Gasteiger partial charge is 0.486 e. The molecular weight excluding hydrogens is 388 g/mol. The number of ether oxygens (including phenoxy) is 2. The van der Waals surface area contributed by atoms with E-state index >= 15 is 0 Å².